The Hall–Kier alpha value is -3.91. The molecule has 174 valence electrons. The third-order valence-corrected chi connectivity index (χ3v) is 7.08. The first kappa shape index (κ1) is 23.3. The SMILES string of the molecule is Cc1ccc(-n2nc(C)c(S(=O)(=O)c3ccccc3)c2OC(=O)COc2ccccc2)c(C)c1. The number of benzene rings is 3. The van der Waals surface area contributed by atoms with Gasteiger partial charge in [-0.25, -0.2) is 13.2 Å². The summed E-state index contributed by atoms with van der Waals surface area (Å²) in [7, 11) is -4.02. The summed E-state index contributed by atoms with van der Waals surface area (Å²) in [5.41, 5.74) is 2.71. The number of ether oxygens (including phenoxy) is 2. The van der Waals surface area contributed by atoms with Crippen LogP contribution in [0.15, 0.2) is 88.7 Å². The molecule has 0 saturated carbocycles. The molecular formula is C26H24N2O5S. The van der Waals surface area contributed by atoms with Crippen LogP contribution < -0.4 is 9.47 Å². The molecule has 0 unspecified atom stereocenters. The van der Waals surface area contributed by atoms with Crippen LogP contribution in [0.5, 0.6) is 11.6 Å². The van der Waals surface area contributed by atoms with Gasteiger partial charge in [0.15, 0.2) is 11.5 Å². The zero-order chi connectivity index (χ0) is 24.3. The molecule has 0 spiro atoms. The van der Waals surface area contributed by atoms with Gasteiger partial charge in [0.1, 0.15) is 5.75 Å². The van der Waals surface area contributed by atoms with E-state index in [1.54, 1.807) is 49.4 Å². The molecule has 34 heavy (non-hydrogen) atoms. The molecule has 1 heterocycles. The lowest BCUT2D eigenvalue weighted by molar-refractivity contribution is -0.137. The predicted molar refractivity (Wildman–Crippen MR) is 127 cm³/mol. The number of rotatable bonds is 7. The molecule has 0 N–H and O–H groups in total. The molecule has 0 aliphatic carbocycles. The van der Waals surface area contributed by atoms with E-state index in [2.05, 4.69) is 5.10 Å². The van der Waals surface area contributed by atoms with Crippen molar-refractivity contribution in [2.24, 2.45) is 0 Å². The first-order chi connectivity index (χ1) is 16.3. The maximum absolute atomic E-state index is 13.5. The number of aromatic nitrogens is 2. The summed E-state index contributed by atoms with van der Waals surface area (Å²) in [5.74, 6) is -0.426. The second kappa shape index (κ2) is 9.52. The average Bonchev–Trinajstić information content (AvgIpc) is 3.15. The number of carbonyl (C=O) groups is 1. The summed E-state index contributed by atoms with van der Waals surface area (Å²) in [4.78, 5) is 12.7. The summed E-state index contributed by atoms with van der Waals surface area (Å²) in [6.07, 6.45) is 0. The molecular weight excluding hydrogens is 452 g/mol. The normalized spacial score (nSPS) is 11.3. The first-order valence-electron chi connectivity index (χ1n) is 10.6. The second-order valence-electron chi connectivity index (χ2n) is 7.81. The maximum Gasteiger partial charge on any atom is 0.350 e. The van der Waals surface area contributed by atoms with Crippen LogP contribution in [0.4, 0.5) is 0 Å². The van der Waals surface area contributed by atoms with E-state index in [4.69, 9.17) is 9.47 Å². The van der Waals surface area contributed by atoms with Gasteiger partial charge in [-0.3, -0.25) is 0 Å². The Labute approximate surface area is 198 Å². The number of hydrogen-bond acceptors (Lipinski definition) is 6. The molecule has 4 aromatic rings. The van der Waals surface area contributed by atoms with Gasteiger partial charge in [0.05, 0.1) is 16.3 Å². The van der Waals surface area contributed by atoms with E-state index in [1.165, 1.54) is 16.8 Å². The van der Waals surface area contributed by atoms with Crippen molar-refractivity contribution in [3.05, 3.63) is 95.7 Å². The van der Waals surface area contributed by atoms with Crippen LogP contribution in [-0.4, -0.2) is 30.8 Å². The Balaban J connectivity index is 1.79. The Kier molecular flexibility index (Phi) is 6.51. The van der Waals surface area contributed by atoms with Crippen LogP contribution in [0.3, 0.4) is 0 Å². The summed E-state index contributed by atoms with van der Waals surface area (Å²) < 4.78 is 39.6. The van der Waals surface area contributed by atoms with E-state index in [1.807, 2.05) is 38.1 Å². The standard InChI is InChI=1S/C26H24N2O5S/c1-18-14-15-23(19(2)16-18)28-26(33-24(29)17-32-21-10-6-4-7-11-21)25(20(3)27-28)34(30,31)22-12-8-5-9-13-22/h4-16H,17H2,1-3H3. The zero-order valence-corrected chi connectivity index (χ0v) is 19.9. The molecule has 0 radical (unpaired) electrons. The molecule has 3 aromatic carbocycles. The van der Waals surface area contributed by atoms with Crippen molar-refractivity contribution in [2.45, 2.75) is 30.6 Å². The van der Waals surface area contributed by atoms with Crippen molar-refractivity contribution < 1.29 is 22.7 Å². The molecule has 8 heteroatoms. The number of hydrogen-bond donors (Lipinski definition) is 0. The number of aryl methyl sites for hydroxylation is 3. The highest BCUT2D eigenvalue weighted by atomic mass is 32.2. The largest absolute Gasteiger partial charge is 0.482 e. The predicted octanol–water partition coefficient (Wildman–Crippen LogP) is 4.61. The zero-order valence-electron chi connectivity index (χ0n) is 19.1. The lowest BCUT2D eigenvalue weighted by Crippen LogP contribution is -2.20. The van der Waals surface area contributed by atoms with E-state index < -0.39 is 22.4 Å². The van der Waals surface area contributed by atoms with Gasteiger partial charge in [0.25, 0.3) is 0 Å². The molecule has 0 bridgehead atoms. The molecule has 1 aromatic heterocycles. The molecule has 0 atom stereocenters. The Bertz CT molecular complexity index is 1430. The summed E-state index contributed by atoms with van der Waals surface area (Å²) >= 11 is 0. The highest BCUT2D eigenvalue weighted by Gasteiger charge is 2.32. The highest BCUT2D eigenvalue weighted by molar-refractivity contribution is 7.91. The maximum atomic E-state index is 13.5. The van der Waals surface area contributed by atoms with Gasteiger partial charge < -0.3 is 9.47 Å². The van der Waals surface area contributed by atoms with Gasteiger partial charge in [0, 0.05) is 0 Å². The third kappa shape index (κ3) is 4.72. The monoisotopic (exact) mass is 476 g/mol. The minimum absolute atomic E-state index is 0.0797. The van der Waals surface area contributed by atoms with Gasteiger partial charge in [0.2, 0.25) is 15.7 Å². The summed E-state index contributed by atoms with van der Waals surface area (Å²) in [5, 5.41) is 4.45. The average molecular weight is 477 g/mol. The molecule has 7 nitrogen and oxygen atoms in total. The molecule has 0 aliphatic heterocycles. The van der Waals surface area contributed by atoms with E-state index >= 15 is 0 Å². The van der Waals surface area contributed by atoms with Gasteiger partial charge in [-0.15, -0.1) is 0 Å². The Morgan fingerprint density at radius 2 is 1.56 bits per heavy atom. The number of esters is 1. The highest BCUT2D eigenvalue weighted by Crippen LogP contribution is 2.35. The number of carbonyl (C=O) groups excluding carboxylic acids is 1. The first-order valence-corrected chi connectivity index (χ1v) is 12.1. The van der Waals surface area contributed by atoms with Crippen molar-refractivity contribution in [2.75, 3.05) is 6.61 Å². The van der Waals surface area contributed by atoms with E-state index in [0.717, 1.165) is 11.1 Å². The quantitative estimate of drug-likeness (QED) is 0.362. The van der Waals surface area contributed by atoms with Gasteiger partial charge in [-0.05, 0) is 56.7 Å². The smallest absolute Gasteiger partial charge is 0.350 e. The van der Waals surface area contributed by atoms with Gasteiger partial charge >= 0.3 is 5.97 Å². The molecule has 4 rings (SSSR count). The van der Waals surface area contributed by atoms with Crippen LogP contribution >= 0.6 is 0 Å². The minimum Gasteiger partial charge on any atom is -0.482 e. The van der Waals surface area contributed by atoms with Crippen molar-refractivity contribution in [3.8, 4) is 17.3 Å². The fourth-order valence-electron chi connectivity index (χ4n) is 3.61. The lowest BCUT2D eigenvalue weighted by Gasteiger charge is -2.13. The van der Waals surface area contributed by atoms with Crippen LogP contribution in [0, 0.1) is 20.8 Å². The summed E-state index contributed by atoms with van der Waals surface area (Å²) in [6, 6.07) is 22.4. The molecule has 0 fully saturated rings. The van der Waals surface area contributed by atoms with Crippen LogP contribution in [-0.2, 0) is 14.6 Å². The molecule has 0 saturated heterocycles. The van der Waals surface area contributed by atoms with Crippen LogP contribution in [0.2, 0.25) is 0 Å². The van der Waals surface area contributed by atoms with Gasteiger partial charge in [-0.1, -0.05) is 54.1 Å². The van der Waals surface area contributed by atoms with E-state index in [0.29, 0.717) is 11.4 Å². The number of para-hydroxylation sites is 1. The number of sulfone groups is 1. The summed E-state index contributed by atoms with van der Waals surface area (Å²) in [6.45, 7) is 5.02. The van der Waals surface area contributed by atoms with Crippen molar-refractivity contribution >= 4 is 15.8 Å². The minimum atomic E-state index is -4.02. The van der Waals surface area contributed by atoms with E-state index in [9.17, 15) is 13.2 Å². The fraction of sp³-hybridized carbons (Fsp3) is 0.154. The van der Waals surface area contributed by atoms with Gasteiger partial charge in [-0.2, -0.15) is 9.78 Å². The van der Waals surface area contributed by atoms with Crippen LogP contribution in [0.25, 0.3) is 5.69 Å². The van der Waals surface area contributed by atoms with Crippen molar-refractivity contribution in [1.82, 2.24) is 9.78 Å². The van der Waals surface area contributed by atoms with Crippen molar-refractivity contribution in [1.29, 1.82) is 0 Å². The fourth-order valence-corrected chi connectivity index (χ4v) is 5.15. The number of nitrogens with zero attached hydrogens (tertiary/aromatic N) is 2. The Morgan fingerprint density at radius 3 is 2.21 bits per heavy atom. The van der Waals surface area contributed by atoms with E-state index in [-0.39, 0.29) is 21.4 Å². The topological polar surface area (TPSA) is 87.5 Å². The Morgan fingerprint density at radius 1 is 0.912 bits per heavy atom. The van der Waals surface area contributed by atoms with Crippen molar-refractivity contribution in [3.63, 3.8) is 0 Å². The second-order valence-corrected chi connectivity index (χ2v) is 9.70. The molecule has 0 aliphatic rings. The lowest BCUT2D eigenvalue weighted by atomic mass is 10.1. The molecule has 0 amide bonds. The van der Waals surface area contributed by atoms with Crippen LogP contribution in [0.1, 0.15) is 16.8 Å². The third-order valence-electron chi connectivity index (χ3n) is 5.18.